The topological polar surface area (TPSA) is 29.4 Å². The van der Waals surface area contributed by atoms with Crippen LogP contribution in [0.3, 0.4) is 0 Å². The zero-order valence-electron chi connectivity index (χ0n) is 9.79. The third-order valence-electron chi connectivity index (χ3n) is 2.69. The first-order valence-corrected chi connectivity index (χ1v) is 5.50. The molecule has 0 aliphatic carbocycles. The lowest BCUT2D eigenvalue weighted by Gasteiger charge is -2.24. The van der Waals surface area contributed by atoms with Gasteiger partial charge in [-0.3, -0.25) is 0 Å². The summed E-state index contributed by atoms with van der Waals surface area (Å²) in [5.74, 6) is 0. The standard InChI is InChI=1S/C13H19NO/c1-4-9-13(2,3)10-11-7-5-6-8-12(11)14-15/h5-8H,4,9-10H2,1-3H3. The molecule has 0 heterocycles. The Morgan fingerprint density at radius 3 is 2.53 bits per heavy atom. The molecule has 0 atom stereocenters. The van der Waals surface area contributed by atoms with E-state index in [1.165, 1.54) is 12.8 Å². The molecule has 15 heavy (non-hydrogen) atoms. The average molecular weight is 205 g/mol. The molecule has 2 nitrogen and oxygen atoms in total. The van der Waals surface area contributed by atoms with Crippen molar-refractivity contribution < 1.29 is 0 Å². The molecule has 0 aliphatic rings. The van der Waals surface area contributed by atoms with E-state index in [0.717, 1.165) is 12.0 Å². The lowest BCUT2D eigenvalue weighted by molar-refractivity contribution is 0.329. The molecule has 0 saturated heterocycles. The summed E-state index contributed by atoms with van der Waals surface area (Å²) in [5.41, 5.74) is 1.89. The van der Waals surface area contributed by atoms with Gasteiger partial charge in [0.1, 0.15) is 5.69 Å². The minimum atomic E-state index is 0.246. The summed E-state index contributed by atoms with van der Waals surface area (Å²) in [4.78, 5) is 10.6. The molecule has 0 bridgehead atoms. The zero-order valence-corrected chi connectivity index (χ0v) is 9.79. The summed E-state index contributed by atoms with van der Waals surface area (Å²) < 4.78 is 0. The van der Waals surface area contributed by atoms with Crippen LogP contribution in [0.15, 0.2) is 29.4 Å². The van der Waals surface area contributed by atoms with Crippen LogP contribution < -0.4 is 0 Å². The second-order valence-electron chi connectivity index (χ2n) is 4.81. The van der Waals surface area contributed by atoms with E-state index in [0.29, 0.717) is 5.69 Å². The molecule has 0 spiro atoms. The van der Waals surface area contributed by atoms with Crippen LogP contribution in [0.5, 0.6) is 0 Å². The fourth-order valence-electron chi connectivity index (χ4n) is 2.03. The number of hydrogen-bond donors (Lipinski definition) is 0. The third-order valence-corrected chi connectivity index (χ3v) is 2.69. The first kappa shape index (κ1) is 11.9. The van der Waals surface area contributed by atoms with Gasteiger partial charge >= 0.3 is 0 Å². The molecule has 2 heteroatoms. The SMILES string of the molecule is CCCC(C)(C)Cc1ccccc1N=O. The molecule has 0 amide bonds. The summed E-state index contributed by atoms with van der Waals surface area (Å²) in [6.45, 7) is 6.65. The lowest BCUT2D eigenvalue weighted by atomic mass is 9.81. The summed E-state index contributed by atoms with van der Waals surface area (Å²) in [7, 11) is 0. The molecular weight excluding hydrogens is 186 g/mol. The van der Waals surface area contributed by atoms with Crippen LogP contribution in [0, 0.1) is 10.3 Å². The highest BCUT2D eigenvalue weighted by Gasteiger charge is 2.18. The van der Waals surface area contributed by atoms with Crippen LogP contribution in [0.4, 0.5) is 5.69 Å². The third kappa shape index (κ3) is 3.46. The molecule has 0 saturated carbocycles. The van der Waals surface area contributed by atoms with E-state index in [1.54, 1.807) is 6.07 Å². The highest BCUT2D eigenvalue weighted by molar-refractivity contribution is 5.45. The average Bonchev–Trinajstić information content (AvgIpc) is 2.17. The molecule has 1 aromatic carbocycles. The predicted octanol–water partition coefficient (Wildman–Crippen LogP) is 4.45. The highest BCUT2D eigenvalue weighted by Crippen LogP contribution is 2.31. The quantitative estimate of drug-likeness (QED) is 0.653. The Kier molecular flexibility index (Phi) is 4.01. The fourth-order valence-corrected chi connectivity index (χ4v) is 2.03. The van der Waals surface area contributed by atoms with E-state index in [9.17, 15) is 4.91 Å². The molecule has 0 fully saturated rings. The summed E-state index contributed by atoms with van der Waals surface area (Å²) in [6.07, 6.45) is 3.26. The Labute approximate surface area is 91.7 Å². The maximum absolute atomic E-state index is 10.6. The zero-order chi connectivity index (χ0) is 11.3. The monoisotopic (exact) mass is 205 g/mol. The van der Waals surface area contributed by atoms with Crippen molar-refractivity contribution in [2.24, 2.45) is 10.6 Å². The van der Waals surface area contributed by atoms with Gasteiger partial charge in [-0.05, 0) is 35.1 Å². The van der Waals surface area contributed by atoms with Crippen molar-refractivity contribution in [1.82, 2.24) is 0 Å². The van der Waals surface area contributed by atoms with Gasteiger partial charge in [0, 0.05) is 0 Å². The molecule has 0 unspecified atom stereocenters. The molecule has 0 aromatic heterocycles. The Hall–Kier alpha value is -1.18. The maximum atomic E-state index is 10.6. The second kappa shape index (κ2) is 5.06. The Balaban J connectivity index is 2.83. The van der Waals surface area contributed by atoms with Gasteiger partial charge in [0.15, 0.2) is 0 Å². The molecule has 1 aromatic rings. The van der Waals surface area contributed by atoms with Gasteiger partial charge < -0.3 is 0 Å². The van der Waals surface area contributed by atoms with Crippen LogP contribution in [0.2, 0.25) is 0 Å². The summed E-state index contributed by atoms with van der Waals surface area (Å²) >= 11 is 0. The molecule has 1 rings (SSSR count). The molecular formula is C13H19NO. The molecule has 0 N–H and O–H groups in total. The van der Waals surface area contributed by atoms with E-state index in [1.807, 2.05) is 18.2 Å². The number of benzene rings is 1. The largest absolute Gasteiger partial charge is 0.145 e. The molecule has 0 aliphatic heterocycles. The first-order chi connectivity index (χ1) is 7.09. The normalized spacial score (nSPS) is 11.4. The summed E-state index contributed by atoms with van der Waals surface area (Å²) in [5, 5.41) is 3.06. The van der Waals surface area contributed by atoms with Gasteiger partial charge in [-0.1, -0.05) is 45.4 Å². The van der Waals surface area contributed by atoms with E-state index in [2.05, 4.69) is 25.9 Å². The van der Waals surface area contributed by atoms with E-state index < -0.39 is 0 Å². The van der Waals surface area contributed by atoms with Gasteiger partial charge in [-0.2, -0.15) is 0 Å². The molecule has 0 radical (unpaired) electrons. The molecule has 82 valence electrons. The van der Waals surface area contributed by atoms with Crippen molar-refractivity contribution in [3.05, 3.63) is 34.7 Å². The maximum Gasteiger partial charge on any atom is 0.111 e. The minimum absolute atomic E-state index is 0.246. The number of nitroso groups, excluding NO2 is 1. The van der Waals surface area contributed by atoms with Crippen molar-refractivity contribution >= 4 is 5.69 Å². The van der Waals surface area contributed by atoms with E-state index in [4.69, 9.17) is 0 Å². The highest BCUT2D eigenvalue weighted by atomic mass is 16.3. The van der Waals surface area contributed by atoms with Gasteiger partial charge in [0.2, 0.25) is 0 Å². The van der Waals surface area contributed by atoms with Crippen molar-refractivity contribution in [3.8, 4) is 0 Å². The van der Waals surface area contributed by atoms with E-state index >= 15 is 0 Å². The van der Waals surface area contributed by atoms with Crippen molar-refractivity contribution in [1.29, 1.82) is 0 Å². The van der Waals surface area contributed by atoms with Crippen LogP contribution in [0.1, 0.15) is 39.2 Å². The Morgan fingerprint density at radius 1 is 1.27 bits per heavy atom. The van der Waals surface area contributed by atoms with Gasteiger partial charge in [-0.25, -0.2) is 0 Å². The van der Waals surface area contributed by atoms with Crippen LogP contribution in [-0.2, 0) is 6.42 Å². The van der Waals surface area contributed by atoms with Gasteiger partial charge in [-0.15, -0.1) is 4.91 Å². The van der Waals surface area contributed by atoms with Crippen LogP contribution in [0.25, 0.3) is 0 Å². The van der Waals surface area contributed by atoms with Gasteiger partial charge in [0.05, 0.1) is 0 Å². The Bertz CT molecular complexity index is 331. The smallest absolute Gasteiger partial charge is 0.111 e. The van der Waals surface area contributed by atoms with Crippen molar-refractivity contribution in [2.75, 3.05) is 0 Å². The van der Waals surface area contributed by atoms with Gasteiger partial charge in [0.25, 0.3) is 0 Å². The fraction of sp³-hybridized carbons (Fsp3) is 0.538. The van der Waals surface area contributed by atoms with Crippen molar-refractivity contribution in [3.63, 3.8) is 0 Å². The number of nitrogens with zero attached hydrogens (tertiary/aromatic N) is 1. The first-order valence-electron chi connectivity index (χ1n) is 5.50. The Morgan fingerprint density at radius 2 is 1.93 bits per heavy atom. The van der Waals surface area contributed by atoms with E-state index in [-0.39, 0.29) is 5.41 Å². The van der Waals surface area contributed by atoms with Crippen LogP contribution >= 0.6 is 0 Å². The number of hydrogen-bond acceptors (Lipinski definition) is 2. The lowest BCUT2D eigenvalue weighted by Crippen LogP contribution is -2.14. The number of rotatable bonds is 5. The minimum Gasteiger partial charge on any atom is -0.145 e. The predicted molar refractivity (Wildman–Crippen MR) is 64.3 cm³/mol. The van der Waals surface area contributed by atoms with Crippen molar-refractivity contribution in [2.45, 2.75) is 40.0 Å². The van der Waals surface area contributed by atoms with Crippen LogP contribution in [-0.4, -0.2) is 0 Å². The second-order valence-corrected chi connectivity index (χ2v) is 4.81. The summed E-state index contributed by atoms with van der Waals surface area (Å²) in [6, 6.07) is 7.59.